The number of rotatable bonds is 4. The average molecular weight is 273 g/mol. The Morgan fingerprint density at radius 2 is 1.95 bits per heavy atom. The van der Waals surface area contributed by atoms with E-state index in [-0.39, 0.29) is 0 Å². The highest BCUT2D eigenvalue weighted by atomic mass is 16.5. The Morgan fingerprint density at radius 1 is 1.15 bits per heavy atom. The minimum absolute atomic E-state index is 0.644. The molecule has 1 fully saturated rings. The van der Waals surface area contributed by atoms with E-state index in [9.17, 15) is 0 Å². The van der Waals surface area contributed by atoms with E-state index in [2.05, 4.69) is 30.4 Å². The van der Waals surface area contributed by atoms with E-state index in [0.29, 0.717) is 12.1 Å². The quantitative estimate of drug-likeness (QED) is 0.902. The summed E-state index contributed by atoms with van der Waals surface area (Å²) in [6.07, 6.45) is 9.34. The van der Waals surface area contributed by atoms with E-state index in [1.165, 1.54) is 49.7 Å². The summed E-state index contributed by atoms with van der Waals surface area (Å²) in [6.45, 7) is 2.39. The second kappa shape index (κ2) is 6.17. The summed E-state index contributed by atoms with van der Waals surface area (Å²) in [5.74, 6) is 1.90. The molecule has 2 heteroatoms. The van der Waals surface area contributed by atoms with Crippen LogP contribution in [0.1, 0.15) is 50.2 Å². The Labute approximate surface area is 122 Å². The first-order chi connectivity index (χ1) is 9.76. The molecule has 2 atom stereocenters. The topological polar surface area (TPSA) is 21.3 Å². The predicted octanol–water partition coefficient (Wildman–Crippen LogP) is 3.72. The number of fused-ring (bicyclic) bond motifs is 1. The number of hydrogen-bond acceptors (Lipinski definition) is 2. The molecule has 1 saturated carbocycles. The summed E-state index contributed by atoms with van der Waals surface area (Å²) in [5, 5.41) is 3.90. The van der Waals surface area contributed by atoms with Crippen LogP contribution >= 0.6 is 0 Å². The Kier molecular flexibility index (Phi) is 4.30. The monoisotopic (exact) mass is 273 g/mol. The van der Waals surface area contributed by atoms with Crippen LogP contribution in [-0.2, 0) is 12.8 Å². The molecular formula is C18H27NO. The lowest BCUT2D eigenvalue weighted by molar-refractivity contribution is 0.323. The van der Waals surface area contributed by atoms with E-state index in [1.807, 2.05) is 0 Å². The molecule has 1 N–H and O–H groups in total. The molecule has 2 aliphatic carbocycles. The molecule has 0 aliphatic heterocycles. The predicted molar refractivity (Wildman–Crippen MR) is 83.4 cm³/mol. The van der Waals surface area contributed by atoms with Gasteiger partial charge < -0.3 is 10.1 Å². The number of benzene rings is 1. The summed E-state index contributed by atoms with van der Waals surface area (Å²) >= 11 is 0. The first-order valence-electron chi connectivity index (χ1n) is 8.18. The zero-order valence-electron chi connectivity index (χ0n) is 12.8. The second-order valence-corrected chi connectivity index (χ2v) is 6.57. The fourth-order valence-corrected chi connectivity index (χ4v) is 3.97. The van der Waals surface area contributed by atoms with Crippen molar-refractivity contribution in [3.8, 4) is 5.75 Å². The summed E-state index contributed by atoms with van der Waals surface area (Å²) in [7, 11) is 1.75. The van der Waals surface area contributed by atoms with Gasteiger partial charge in [-0.2, -0.15) is 0 Å². The zero-order chi connectivity index (χ0) is 13.9. The lowest BCUT2D eigenvalue weighted by Crippen LogP contribution is -2.43. The highest BCUT2D eigenvalue weighted by Crippen LogP contribution is 2.30. The highest BCUT2D eigenvalue weighted by Gasteiger charge is 2.25. The van der Waals surface area contributed by atoms with E-state index in [4.69, 9.17) is 4.74 Å². The molecule has 1 aromatic carbocycles. The molecule has 0 saturated heterocycles. The molecule has 1 unspecified atom stereocenters. The first kappa shape index (κ1) is 13.9. The number of ether oxygens (including phenoxy) is 1. The van der Waals surface area contributed by atoms with Crippen molar-refractivity contribution < 1.29 is 4.74 Å². The normalized spacial score (nSPS) is 24.4. The van der Waals surface area contributed by atoms with Gasteiger partial charge in [0.2, 0.25) is 0 Å². The van der Waals surface area contributed by atoms with Crippen LogP contribution in [0.2, 0.25) is 0 Å². The molecule has 0 amide bonds. The molecule has 0 radical (unpaired) electrons. The number of aryl methyl sites for hydroxylation is 1. The van der Waals surface area contributed by atoms with Crippen molar-refractivity contribution in [1.82, 2.24) is 5.32 Å². The molecule has 0 aromatic heterocycles. The molecule has 2 aliphatic rings. The van der Waals surface area contributed by atoms with Gasteiger partial charge in [-0.3, -0.25) is 0 Å². The lowest BCUT2D eigenvalue weighted by atomic mass is 9.87. The second-order valence-electron chi connectivity index (χ2n) is 6.57. The van der Waals surface area contributed by atoms with Gasteiger partial charge in [-0.05, 0) is 68.2 Å². The third kappa shape index (κ3) is 3.01. The van der Waals surface area contributed by atoms with E-state index < -0.39 is 0 Å². The smallest absolute Gasteiger partial charge is 0.119 e. The van der Waals surface area contributed by atoms with Crippen molar-refractivity contribution in [3.05, 3.63) is 29.3 Å². The summed E-state index contributed by atoms with van der Waals surface area (Å²) < 4.78 is 5.36. The standard InChI is InChI=1S/C18H27NO/c1-13(14-5-3-4-6-14)19-17-9-7-15-8-10-18(20-2)12-16(15)11-17/h8,10,12-14,17,19H,3-7,9,11H2,1-2H3/t13-,17?/m1/s1. The largest absolute Gasteiger partial charge is 0.497 e. The highest BCUT2D eigenvalue weighted by molar-refractivity contribution is 5.37. The summed E-state index contributed by atoms with van der Waals surface area (Å²) in [5.41, 5.74) is 2.99. The van der Waals surface area contributed by atoms with E-state index in [0.717, 1.165) is 18.1 Å². The van der Waals surface area contributed by atoms with Crippen molar-refractivity contribution >= 4 is 0 Å². The zero-order valence-corrected chi connectivity index (χ0v) is 12.8. The van der Waals surface area contributed by atoms with Crippen LogP contribution in [0.5, 0.6) is 5.75 Å². The first-order valence-corrected chi connectivity index (χ1v) is 8.18. The van der Waals surface area contributed by atoms with Gasteiger partial charge in [0.05, 0.1) is 7.11 Å². The molecule has 2 nitrogen and oxygen atoms in total. The molecule has 0 heterocycles. The Bertz CT molecular complexity index is 451. The Morgan fingerprint density at radius 3 is 2.70 bits per heavy atom. The minimum atomic E-state index is 0.644. The van der Waals surface area contributed by atoms with E-state index in [1.54, 1.807) is 7.11 Å². The molecule has 3 rings (SSSR count). The van der Waals surface area contributed by atoms with Crippen LogP contribution in [0.3, 0.4) is 0 Å². The minimum Gasteiger partial charge on any atom is -0.497 e. The van der Waals surface area contributed by atoms with Crippen LogP contribution in [0.25, 0.3) is 0 Å². The Balaban J connectivity index is 1.62. The number of methoxy groups -OCH3 is 1. The maximum Gasteiger partial charge on any atom is 0.119 e. The fraction of sp³-hybridized carbons (Fsp3) is 0.667. The maximum atomic E-state index is 5.36. The van der Waals surface area contributed by atoms with Crippen LogP contribution in [0, 0.1) is 5.92 Å². The number of hydrogen-bond donors (Lipinski definition) is 1. The molecular weight excluding hydrogens is 246 g/mol. The van der Waals surface area contributed by atoms with Gasteiger partial charge in [0.25, 0.3) is 0 Å². The Hall–Kier alpha value is -1.02. The van der Waals surface area contributed by atoms with Gasteiger partial charge in [0.1, 0.15) is 5.75 Å². The lowest BCUT2D eigenvalue weighted by Gasteiger charge is -2.31. The SMILES string of the molecule is COc1ccc2c(c1)CC(N[C@H](C)C1CCCC1)CC2. The number of nitrogens with one attached hydrogen (secondary N) is 1. The van der Waals surface area contributed by atoms with Crippen LogP contribution < -0.4 is 10.1 Å². The summed E-state index contributed by atoms with van der Waals surface area (Å²) in [6, 6.07) is 7.88. The van der Waals surface area contributed by atoms with Gasteiger partial charge in [0.15, 0.2) is 0 Å². The van der Waals surface area contributed by atoms with E-state index >= 15 is 0 Å². The third-order valence-electron chi connectivity index (χ3n) is 5.25. The van der Waals surface area contributed by atoms with Crippen molar-refractivity contribution in [2.45, 2.75) is 64.0 Å². The van der Waals surface area contributed by atoms with Gasteiger partial charge in [-0.25, -0.2) is 0 Å². The molecule has 0 spiro atoms. The average Bonchev–Trinajstić information content (AvgIpc) is 3.00. The molecule has 20 heavy (non-hydrogen) atoms. The van der Waals surface area contributed by atoms with Crippen molar-refractivity contribution in [1.29, 1.82) is 0 Å². The summed E-state index contributed by atoms with van der Waals surface area (Å²) in [4.78, 5) is 0. The van der Waals surface area contributed by atoms with Crippen molar-refractivity contribution in [2.75, 3.05) is 7.11 Å². The molecule has 1 aromatic rings. The van der Waals surface area contributed by atoms with Crippen molar-refractivity contribution in [3.63, 3.8) is 0 Å². The fourth-order valence-electron chi connectivity index (χ4n) is 3.97. The maximum absolute atomic E-state index is 5.36. The molecule has 110 valence electrons. The third-order valence-corrected chi connectivity index (χ3v) is 5.25. The van der Waals surface area contributed by atoms with Crippen LogP contribution in [0.15, 0.2) is 18.2 Å². The van der Waals surface area contributed by atoms with Gasteiger partial charge >= 0.3 is 0 Å². The molecule has 0 bridgehead atoms. The van der Waals surface area contributed by atoms with Crippen molar-refractivity contribution in [2.24, 2.45) is 5.92 Å². The van der Waals surface area contributed by atoms with Crippen LogP contribution in [-0.4, -0.2) is 19.2 Å². The van der Waals surface area contributed by atoms with Gasteiger partial charge in [0, 0.05) is 12.1 Å². The van der Waals surface area contributed by atoms with Gasteiger partial charge in [-0.15, -0.1) is 0 Å². The van der Waals surface area contributed by atoms with Gasteiger partial charge in [-0.1, -0.05) is 18.9 Å². The van der Waals surface area contributed by atoms with Crippen LogP contribution in [0.4, 0.5) is 0 Å².